The molecule has 1 fully saturated rings. The number of halogens is 1. The summed E-state index contributed by atoms with van der Waals surface area (Å²) in [7, 11) is 0. The molecule has 0 atom stereocenters. The maximum Gasteiger partial charge on any atom is 0.404 e. The number of nitrogens with one attached hydrogen (secondary N) is 1. The minimum absolute atomic E-state index is 0.179. The molecule has 0 spiro atoms. The van der Waals surface area contributed by atoms with Gasteiger partial charge in [0, 0.05) is 55.0 Å². The molecule has 0 aliphatic carbocycles. The predicted molar refractivity (Wildman–Crippen MR) is 104 cm³/mol. The molecule has 9 nitrogen and oxygen atoms in total. The van der Waals surface area contributed by atoms with Crippen molar-refractivity contribution in [3.05, 3.63) is 42.0 Å². The highest BCUT2D eigenvalue weighted by Gasteiger charge is 2.18. The van der Waals surface area contributed by atoms with Crippen molar-refractivity contribution in [1.29, 1.82) is 0 Å². The summed E-state index contributed by atoms with van der Waals surface area (Å²) in [5.74, 6) is 0.0850. The van der Waals surface area contributed by atoms with E-state index in [2.05, 4.69) is 20.4 Å². The van der Waals surface area contributed by atoms with Gasteiger partial charge in [0.15, 0.2) is 0 Å². The van der Waals surface area contributed by atoms with E-state index in [0.29, 0.717) is 43.0 Å². The number of aliphatic hydroxyl groups excluding tert-OH is 1. The van der Waals surface area contributed by atoms with Crippen LogP contribution < -0.4 is 10.2 Å². The molecule has 0 bridgehead atoms. The van der Waals surface area contributed by atoms with Gasteiger partial charge in [0.2, 0.25) is 5.95 Å². The van der Waals surface area contributed by atoms with Crippen molar-refractivity contribution in [2.45, 2.75) is 19.4 Å². The van der Waals surface area contributed by atoms with Crippen molar-refractivity contribution in [3.63, 3.8) is 0 Å². The van der Waals surface area contributed by atoms with Crippen molar-refractivity contribution in [2.24, 2.45) is 5.16 Å². The third kappa shape index (κ3) is 5.38. The van der Waals surface area contributed by atoms with E-state index in [1.165, 1.54) is 6.07 Å². The van der Waals surface area contributed by atoms with Crippen LogP contribution in [0.25, 0.3) is 11.1 Å². The van der Waals surface area contributed by atoms with Gasteiger partial charge < -0.3 is 25.3 Å². The molecule has 2 aromatic rings. The van der Waals surface area contributed by atoms with E-state index in [0.717, 1.165) is 5.71 Å². The quantitative estimate of drug-likeness (QED) is 0.478. The number of rotatable bonds is 7. The maximum absolute atomic E-state index is 14.4. The number of hydrogen-bond acceptors (Lipinski definition) is 7. The lowest BCUT2D eigenvalue weighted by atomic mass is 10.1. The highest BCUT2D eigenvalue weighted by Crippen LogP contribution is 2.25. The van der Waals surface area contributed by atoms with E-state index < -0.39 is 11.9 Å². The first-order valence-corrected chi connectivity index (χ1v) is 9.18. The fourth-order valence-corrected chi connectivity index (χ4v) is 2.95. The highest BCUT2D eigenvalue weighted by atomic mass is 19.1. The molecule has 1 aromatic carbocycles. The molecule has 1 amide bonds. The Hall–Kier alpha value is -3.27. The summed E-state index contributed by atoms with van der Waals surface area (Å²) in [6.07, 6.45) is 3.42. The van der Waals surface area contributed by atoms with E-state index in [1.54, 1.807) is 24.5 Å². The Morgan fingerprint density at radius 1 is 1.28 bits per heavy atom. The number of hydrogen-bond donors (Lipinski definition) is 3. The molecule has 0 radical (unpaired) electrons. The SMILES string of the molecule is O=C(O)NCCON=C1CCN(c2ncc(-c3cccc(CO)c3F)cn2)CC1. The summed E-state index contributed by atoms with van der Waals surface area (Å²) in [5.41, 5.74) is 2.03. The molecule has 1 aliphatic heterocycles. The monoisotopic (exact) mass is 403 g/mol. The predicted octanol–water partition coefficient (Wildman–Crippen LogP) is 2.02. The minimum Gasteiger partial charge on any atom is -0.465 e. The molecule has 1 saturated heterocycles. The van der Waals surface area contributed by atoms with Crippen LogP contribution in [0.15, 0.2) is 35.7 Å². The minimum atomic E-state index is -1.09. The summed E-state index contributed by atoms with van der Waals surface area (Å²) in [5, 5.41) is 23.9. The Kier molecular flexibility index (Phi) is 6.90. The van der Waals surface area contributed by atoms with E-state index in [-0.39, 0.29) is 25.3 Å². The molecule has 10 heteroatoms. The Bertz CT molecular complexity index is 865. The molecule has 3 N–H and O–H groups in total. The molecule has 0 unspecified atom stereocenters. The van der Waals surface area contributed by atoms with Gasteiger partial charge >= 0.3 is 6.09 Å². The Morgan fingerprint density at radius 2 is 2.00 bits per heavy atom. The third-order valence-corrected chi connectivity index (χ3v) is 4.48. The summed E-state index contributed by atoms with van der Waals surface area (Å²) in [4.78, 5) is 26.2. The smallest absolute Gasteiger partial charge is 0.404 e. The number of aromatic nitrogens is 2. The van der Waals surface area contributed by atoms with Gasteiger partial charge in [-0.05, 0) is 0 Å². The first-order valence-electron chi connectivity index (χ1n) is 9.18. The van der Waals surface area contributed by atoms with Crippen LogP contribution in [0.1, 0.15) is 18.4 Å². The largest absolute Gasteiger partial charge is 0.465 e. The lowest BCUT2D eigenvalue weighted by molar-refractivity contribution is 0.140. The maximum atomic E-state index is 14.4. The molecule has 1 aliphatic rings. The van der Waals surface area contributed by atoms with Gasteiger partial charge in [-0.3, -0.25) is 0 Å². The normalized spacial score (nSPS) is 13.9. The van der Waals surface area contributed by atoms with Crippen molar-refractivity contribution >= 4 is 17.8 Å². The number of nitrogens with zero attached hydrogens (tertiary/aromatic N) is 4. The number of aliphatic hydroxyl groups is 1. The van der Waals surface area contributed by atoms with Crippen LogP contribution in [0, 0.1) is 5.82 Å². The molecule has 3 rings (SSSR count). The number of piperidine rings is 1. The molecular formula is C19H22FN5O4. The van der Waals surface area contributed by atoms with Crippen LogP contribution in [0.4, 0.5) is 15.1 Å². The first kappa shape index (κ1) is 20.5. The standard InChI is InChI=1S/C19H22FN5O4/c20-17-13(12-26)2-1-3-16(17)14-10-22-18(23-11-14)25-7-4-15(5-8-25)24-29-9-6-21-19(27)28/h1-3,10-11,21,26H,4-9,12H2,(H,27,28). The number of carbonyl (C=O) groups is 1. The van der Waals surface area contributed by atoms with Crippen molar-refractivity contribution in [3.8, 4) is 11.1 Å². The zero-order valence-electron chi connectivity index (χ0n) is 15.7. The Morgan fingerprint density at radius 3 is 2.66 bits per heavy atom. The lowest BCUT2D eigenvalue weighted by Gasteiger charge is -2.27. The zero-order valence-corrected chi connectivity index (χ0v) is 15.7. The van der Waals surface area contributed by atoms with E-state index >= 15 is 0 Å². The average Bonchev–Trinajstić information content (AvgIpc) is 2.74. The molecule has 2 heterocycles. The second kappa shape index (κ2) is 9.78. The van der Waals surface area contributed by atoms with E-state index in [9.17, 15) is 14.3 Å². The van der Waals surface area contributed by atoms with Crippen LogP contribution >= 0.6 is 0 Å². The molecule has 154 valence electrons. The van der Waals surface area contributed by atoms with Gasteiger partial charge in [-0.2, -0.15) is 0 Å². The molecule has 0 saturated carbocycles. The van der Waals surface area contributed by atoms with Crippen molar-refractivity contribution in [1.82, 2.24) is 15.3 Å². The van der Waals surface area contributed by atoms with Crippen LogP contribution in [-0.4, -0.2) is 58.2 Å². The fraction of sp³-hybridized carbons (Fsp3) is 0.368. The van der Waals surface area contributed by atoms with Gasteiger partial charge in [-0.25, -0.2) is 19.2 Å². The van der Waals surface area contributed by atoms with Crippen molar-refractivity contribution in [2.75, 3.05) is 31.1 Å². The number of carboxylic acid groups (broad SMARTS) is 1. The number of amides is 1. The highest BCUT2D eigenvalue weighted by molar-refractivity contribution is 5.86. The number of benzene rings is 1. The number of anilines is 1. The fourth-order valence-electron chi connectivity index (χ4n) is 2.95. The Balaban J connectivity index is 1.55. The van der Waals surface area contributed by atoms with Gasteiger partial charge in [0.05, 0.1) is 18.9 Å². The van der Waals surface area contributed by atoms with Crippen molar-refractivity contribution < 1.29 is 24.2 Å². The van der Waals surface area contributed by atoms with E-state index in [1.807, 2.05) is 4.90 Å². The summed E-state index contributed by atoms with van der Waals surface area (Å²) in [6, 6.07) is 4.85. The van der Waals surface area contributed by atoms with Gasteiger partial charge in [0.1, 0.15) is 12.4 Å². The van der Waals surface area contributed by atoms with Gasteiger partial charge in [-0.15, -0.1) is 0 Å². The second-order valence-corrected chi connectivity index (χ2v) is 6.42. The Labute approximate surface area is 166 Å². The number of oxime groups is 1. The molecule has 29 heavy (non-hydrogen) atoms. The lowest BCUT2D eigenvalue weighted by Crippen LogP contribution is -2.35. The third-order valence-electron chi connectivity index (χ3n) is 4.48. The van der Waals surface area contributed by atoms with Crippen LogP contribution in [-0.2, 0) is 11.4 Å². The zero-order chi connectivity index (χ0) is 20.6. The van der Waals surface area contributed by atoms with E-state index in [4.69, 9.17) is 9.94 Å². The molecule has 1 aromatic heterocycles. The first-order chi connectivity index (χ1) is 14.1. The van der Waals surface area contributed by atoms with Crippen LogP contribution in [0.2, 0.25) is 0 Å². The van der Waals surface area contributed by atoms with Gasteiger partial charge in [-0.1, -0.05) is 23.4 Å². The van der Waals surface area contributed by atoms with Crippen LogP contribution in [0.3, 0.4) is 0 Å². The second-order valence-electron chi connectivity index (χ2n) is 6.42. The van der Waals surface area contributed by atoms with Crippen LogP contribution in [0.5, 0.6) is 0 Å². The summed E-state index contributed by atoms with van der Waals surface area (Å²) in [6.45, 7) is 1.33. The topological polar surface area (TPSA) is 120 Å². The summed E-state index contributed by atoms with van der Waals surface area (Å²) < 4.78 is 14.4. The van der Waals surface area contributed by atoms with Gasteiger partial charge in [0.25, 0.3) is 0 Å². The average molecular weight is 403 g/mol. The summed E-state index contributed by atoms with van der Waals surface area (Å²) >= 11 is 0. The molecular weight excluding hydrogens is 381 g/mol.